The number of ether oxygens (including phenoxy) is 1. The molecule has 2 unspecified atom stereocenters. The minimum absolute atomic E-state index is 0.0907. The van der Waals surface area contributed by atoms with Crippen LogP contribution in [0.15, 0.2) is 53.6 Å². The molecule has 6 heteroatoms. The van der Waals surface area contributed by atoms with E-state index in [0.29, 0.717) is 13.2 Å². The third-order valence-electron chi connectivity index (χ3n) is 5.97. The summed E-state index contributed by atoms with van der Waals surface area (Å²) >= 11 is 0. The van der Waals surface area contributed by atoms with Gasteiger partial charge in [-0.25, -0.2) is 9.40 Å². The van der Waals surface area contributed by atoms with E-state index in [1.54, 1.807) is 19.2 Å². The van der Waals surface area contributed by atoms with E-state index < -0.39 is 5.54 Å². The normalized spacial score (nSPS) is 20.6. The number of nitrogens with one attached hydrogen (secondary N) is 1. The molecule has 2 aromatic carbocycles. The second-order valence-corrected chi connectivity index (χ2v) is 8.23. The number of carbonyl (C=O) groups is 1. The fraction of sp³-hybridized carbons (Fsp3) is 0.440. The zero-order chi connectivity index (χ0) is 22.4. The number of benzene rings is 2. The number of hydrogen-bond acceptors (Lipinski definition) is 4. The van der Waals surface area contributed by atoms with Crippen molar-refractivity contribution in [2.24, 2.45) is 11.0 Å². The van der Waals surface area contributed by atoms with Crippen LogP contribution in [0.5, 0.6) is 0 Å². The van der Waals surface area contributed by atoms with Crippen molar-refractivity contribution < 1.29 is 13.9 Å². The summed E-state index contributed by atoms with van der Waals surface area (Å²) in [6, 6.07) is 14.4. The highest BCUT2D eigenvalue weighted by atomic mass is 19.1. The highest BCUT2D eigenvalue weighted by Gasteiger charge is 2.53. The molecule has 31 heavy (non-hydrogen) atoms. The summed E-state index contributed by atoms with van der Waals surface area (Å²) in [7, 11) is 1.61. The molecular formula is C25H32FN3O2. The van der Waals surface area contributed by atoms with Crippen LogP contribution < -0.4 is 10.3 Å². The Bertz CT molecular complexity index is 911. The van der Waals surface area contributed by atoms with Crippen LogP contribution in [0.1, 0.15) is 44.2 Å². The molecule has 2 aromatic rings. The molecule has 0 bridgehead atoms. The van der Waals surface area contributed by atoms with E-state index in [0.717, 1.165) is 41.8 Å². The second kappa shape index (κ2) is 10.1. The average Bonchev–Trinajstić information content (AvgIpc) is 3.07. The second-order valence-electron chi connectivity index (χ2n) is 8.23. The lowest BCUT2D eigenvalue weighted by Crippen LogP contribution is -2.58. The fourth-order valence-corrected chi connectivity index (χ4v) is 4.11. The van der Waals surface area contributed by atoms with Gasteiger partial charge in [0.2, 0.25) is 5.91 Å². The Morgan fingerprint density at radius 2 is 1.87 bits per heavy atom. The number of unbranched alkanes of at least 4 members (excludes halogenated alkanes) is 1. The Hall–Kier alpha value is -2.73. The van der Waals surface area contributed by atoms with Crippen LogP contribution in [-0.2, 0) is 9.53 Å². The summed E-state index contributed by atoms with van der Waals surface area (Å²) in [5.74, 6) is -0.517. The number of hydrogen-bond donors (Lipinski definition) is 1. The van der Waals surface area contributed by atoms with E-state index >= 15 is 0 Å². The molecule has 0 saturated heterocycles. The average molecular weight is 426 g/mol. The van der Waals surface area contributed by atoms with Crippen molar-refractivity contribution in [2.75, 3.05) is 25.3 Å². The van der Waals surface area contributed by atoms with Gasteiger partial charge in [0.15, 0.2) is 0 Å². The van der Waals surface area contributed by atoms with Crippen molar-refractivity contribution in [3.8, 4) is 0 Å². The van der Waals surface area contributed by atoms with Gasteiger partial charge in [0.05, 0.1) is 18.0 Å². The lowest BCUT2D eigenvalue weighted by Gasteiger charge is -2.37. The van der Waals surface area contributed by atoms with Crippen molar-refractivity contribution in [1.29, 1.82) is 0 Å². The smallest absolute Gasteiger partial charge is 0.248 e. The van der Waals surface area contributed by atoms with Gasteiger partial charge in [-0.2, -0.15) is 5.10 Å². The molecule has 1 amide bonds. The number of carbonyl (C=O) groups excluding carboxylic acids is 1. The standard InChI is InChI=1S/C25H32FN3O2/c1-5-6-7-22-23(19-10-12-20(26)13-11-19)28-29(21-14-8-18(2)9-15-21)25(22,3)24(30)27-16-17-31-4/h8-15,22H,5-7,16-17H2,1-4H3,(H,27,30). The molecule has 1 heterocycles. The lowest BCUT2D eigenvalue weighted by atomic mass is 9.77. The summed E-state index contributed by atoms with van der Waals surface area (Å²) < 4.78 is 18.7. The SMILES string of the molecule is CCCCC1C(c2ccc(F)cc2)=NN(c2ccc(C)cc2)C1(C)C(=O)NCCOC. The van der Waals surface area contributed by atoms with Gasteiger partial charge in [-0.1, -0.05) is 49.6 Å². The van der Waals surface area contributed by atoms with E-state index in [1.807, 2.05) is 43.1 Å². The van der Waals surface area contributed by atoms with Crippen molar-refractivity contribution in [3.63, 3.8) is 0 Å². The minimum Gasteiger partial charge on any atom is -0.383 e. The van der Waals surface area contributed by atoms with Gasteiger partial charge in [0.25, 0.3) is 0 Å². The maximum absolute atomic E-state index is 13.6. The van der Waals surface area contributed by atoms with Crippen LogP contribution in [0.2, 0.25) is 0 Å². The van der Waals surface area contributed by atoms with Crippen LogP contribution in [0.3, 0.4) is 0 Å². The highest BCUT2D eigenvalue weighted by molar-refractivity contribution is 6.10. The van der Waals surface area contributed by atoms with Gasteiger partial charge in [-0.15, -0.1) is 0 Å². The van der Waals surface area contributed by atoms with Crippen LogP contribution >= 0.6 is 0 Å². The van der Waals surface area contributed by atoms with Crippen LogP contribution in [0, 0.1) is 18.7 Å². The molecule has 2 atom stereocenters. The Morgan fingerprint density at radius 3 is 2.48 bits per heavy atom. The van der Waals surface area contributed by atoms with Crippen molar-refractivity contribution >= 4 is 17.3 Å². The molecule has 1 aliphatic heterocycles. The number of aryl methyl sites for hydroxylation is 1. The molecule has 0 radical (unpaired) electrons. The molecule has 5 nitrogen and oxygen atoms in total. The molecule has 0 spiro atoms. The van der Waals surface area contributed by atoms with Gasteiger partial charge >= 0.3 is 0 Å². The first-order valence-corrected chi connectivity index (χ1v) is 10.9. The zero-order valence-corrected chi connectivity index (χ0v) is 18.8. The molecule has 1 aliphatic rings. The number of hydrazone groups is 1. The molecule has 166 valence electrons. The van der Waals surface area contributed by atoms with Gasteiger partial charge in [0.1, 0.15) is 11.4 Å². The largest absolute Gasteiger partial charge is 0.383 e. The zero-order valence-electron chi connectivity index (χ0n) is 18.8. The van der Waals surface area contributed by atoms with E-state index in [1.165, 1.54) is 12.1 Å². The van der Waals surface area contributed by atoms with Gasteiger partial charge in [0, 0.05) is 19.6 Å². The molecule has 3 rings (SSSR count). The molecule has 0 saturated carbocycles. The monoisotopic (exact) mass is 425 g/mol. The molecule has 0 aliphatic carbocycles. The van der Waals surface area contributed by atoms with Gasteiger partial charge < -0.3 is 10.1 Å². The molecule has 0 aromatic heterocycles. The number of halogens is 1. The van der Waals surface area contributed by atoms with E-state index in [9.17, 15) is 9.18 Å². The lowest BCUT2D eigenvalue weighted by molar-refractivity contribution is -0.127. The van der Waals surface area contributed by atoms with Gasteiger partial charge in [-0.3, -0.25) is 4.79 Å². The first kappa shape index (κ1) is 22.9. The fourth-order valence-electron chi connectivity index (χ4n) is 4.11. The first-order chi connectivity index (χ1) is 14.9. The third kappa shape index (κ3) is 4.79. The van der Waals surface area contributed by atoms with Crippen LogP contribution in [0.25, 0.3) is 0 Å². The summed E-state index contributed by atoms with van der Waals surface area (Å²) in [5, 5.41) is 9.83. The van der Waals surface area contributed by atoms with Crippen molar-refractivity contribution in [3.05, 3.63) is 65.5 Å². The van der Waals surface area contributed by atoms with E-state index in [-0.39, 0.29) is 17.6 Å². The van der Waals surface area contributed by atoms with Crippen molar-refractivity contribution in [1.82, 2.24) is 5.32 Å². The molecular weight excluding hydrogens is 393 g/mol. The van der Waals surface area contributed by atoms with Gasteiger partial charge in [-0.05, 0) is 50.1 Å². The van der Waals surface area contributed by atoms with Crippen molar-refractivity contribution in [2.45, 2.75) is 45.6 Å². The molecule has 0 fully saturated rings. The topological polar surface area (TPSA) is 53.9 Å². The summed E-state index contributed by atoms with van der Waals surface area (Å²) in [4.78, 5) is 13.6. The Labute approximate surface area is 184 Å². The van der Waals surface area contributed by atoms with E-state index in [4.69, 9.17) is 9.84 Å². The maximum atomic E-state index is 13.6. The molecule has 1 N–H and O–H groups in total. The third-order valence-corrected chi connectivity index (χ3v) is 5.97. The predicted molar refractivity (Wildman–Crippen MR) is 123 cm³/mol. The first-order valence-electron chi connectivity index (χ1n) is 10.9. The minimum atomic E-state index is -0.915. The quantitative estimate of drug-likeness (QED) is 0.593. The number of rotatable bonds is 9. The van der Waals surface area contributed by atoms with Crippen LogP contribution in [0.4, 0.5) is 10.1 Å². The number of nitrogens with zero attached hydrogens (tertiary/aromatic N) is 2. The number of methoxy groups -OCH3 is 1. The summed E-state index contributed by atoms with van der Waals surface area (Å²) in [6.07, 6.45) is 2.79. The number of amides is 1. The summed E-state index contributed by atoms with van der Waals surface area (Å²) in [6.45, 7) is 6.99. The summed E-state index contributed by atoms with van der Waals surface area (Å²) in [5.41, 5.74) is 2.74. The van der Waals surface area contributed by atoms with Crippen LogP contribution in [-0.4, -0.2) is 37.4 Å². The van der Waals surface area contributed by atoms with E-state index in [2.05, 4.69) is 12.2 Å². The Morgan fingerprint density at radius 1 is 1.19 bits per heavy atom. The maximum Gasteiger partial charge on any atom is 0.248 e. The number of anilines is 1. The Kier molecular flexibility index (Phi) is 7.44. The highest BCUT2D eigenvalue weighted by Crippen LogP contribution is 2.41. The predicted octanol–water partition coefficient (Wildman–Crippen LogP) is 4.69. The Balaban J connectivity index is 2.08.